The highest BCUT2D eigenvalue weighted by atomic mass is 16.5. The second-order valence-electron chi connectivity index (χ2n) is 4.54. The highest BCUT2D eigenvalue weighted by Gasteiger charge is 2.20. The molecule has 0 radical (unpaired) electrons. The van der Waals surface area contributed by atoms with Gasteiger partial charge in [0.1, 0.15) is 0 Å². The SMILES string of the molecule is CCCC(OC)C(N)c1cncc2ccccc12. The summed E-state index contributed by atoms with van der Waals surface area (Å²) in [7, 11) is 1.72. The number of nitrogens with two attached hydrogens (primary N) is 1. The molecule has 1 aromatic carbocycles. The topological polar surface area (TPSA) is 48.1 Å². The average Bonchev–Trinajstić information content (AvgIpc) is 2.43. The summed E-state index contributed by atoms with van der Waals surface area (Å²) in [4.78, 5) is 4.28. The molecule has 2 unspecified atom stereocenters. The van der Waals surface area contributed by atoms with E-state index in [1.165, 1.54) is 0 Å². The molecule has 0 aliphatic carbocycles. The Hall–Kier alpha value is -1.45. The van der Waals surface area contributed by atoms with Crippen LogP contribution in [0.5, 0.6) is 0 Å². The lowest BCUT2D eigenvalue weighted by molar-refractivity contribution is 0.0728. The minimum absolute atomic E-state index is 0.0441. The summed E-state index contributed by atoms with van der Waals surface area (Å²) in [5.74, 6) is 0. The number of hydrogen-bond acceptors (Lipinski definition) is 3. The van der Waals surface area contributed by atoms with Crippen molar-refractivity contribution in [2.45, 2.75) is 31.9 Å². The molecule has 0 saturated carbocycles. The number of benzene rings is 1. The third-order valence-corrected chi connectivity index (χ3v) is 3.33. The van der Waals surface area contributed by atoms with E-state index in [-0.39, 0.29) is 12.1 Å². The quantitative estimate of drug-likeness (QED) is 0.879. The van der Waals surface area contributed by atoms with Crippen molar-refractivity contribution in [2.24, 2.45) is 5.73 Å². The average molecular weight is 244 g/mol. The van der Waals surface area contributed by atoms with Gasteiger partial charge in [-0.25, -0.2) is 0 Å². The van der Waals surface area contributed by atoms with E-state index in [1.54, 1.807) is 7.11 Å². The van der Waals surface area contributed by atoms with Gasteiger partial charge >= 0.3 is 0 Å². The minimum atomic E-state index is -0.131. The lowest BCUT2D eigenvalue weighted by atomic mass is 9.96. The summed E-state index contributed by atoms with van der Waals surface area (Å²) in [6, 6.07) is 8.05. The third kappa shape index (κ3) is 2.52. The Labute approximate surface area is 108 Å². The number of nitrogens with zero attached hydrogens (tertiary/aromatic N) is 1. The van der Waals surface area contributed by atoms with Gasteiger partial charge < -0.3 is 10.5 Å². The van der Waals surface area contributed by atoms with E-state index in [4.69, 9.17) is 10.5 Å². The minimum Gasteiger partial charge on any atom is -0.379 e. The Balaban J connectivity index is 2.40. The van der Waals surface area contributed by atoms with Gasteiger partial charge in [-0.3, -0.25) is 4.98 Å². The molecule has 0 amide bonds. The molecule has 1 aromatic heterocycles. The Morgan fingerprint density at radius 1 is 1.28 bits per heavy atom. The Morgan fingerprint density at radius 2 is 2.06 bits per heavy atom. The molecule has 2 atom stereocenters. The van der Waals surface area contributed by atoms with Crippen LogP contribution in [0.3, 0.4) is 0 Å². The van der Waals surface area contributed by atoms with Crippen LogP contribution in [0.1, 0.15) is 31.4 Å². The molecule has 0 aliphatic heterocycles. The lowest BCUT2D eigenvalue weighted by Gasteiger charge is -2.23. The first kappa shape index (κ1) is 13.0. The smallest absolute Gasteiger partial charge is 0.0764 e. The molecular formula is C15H20N2O. The second-order valence-corrected chi connectivity index (χ2v) is 4.54. The zero-order chi connectivity index (χ0) is 13.0. The number of aromatic nitrogens is 1. The molecule has 2 rings (SSSR count). The summed E-state index contributed by atoms with van der Waals surface area (Å²) >= 11 is 0. The lowest BCUT2D eigenvalue weighted by Crippen LogP contribution is -2.28. The van der Waals surface area contributed by atoms with Crippen molar-refractivity contribution in [3.05, 3.63) is 42.2 Å². The molecule has 3 nitrogen and oxygen atoms in total. The fraction of sp³-hybridized carbons (Fsp3) is 0.400. The molecule has 2 aromatic rings. The first-order valence-corrected chi connectivity index (χ1v) is 6.39. The van der Waals surface area contributed by atoms with E-state index >= 15 is 0 Å². The number of pyridine rings is 1. The van der Waals surface area contributed by atoms with Crippen LogP contribution in [0.15, 0.2) is 36.7 Å². The highest BCUT2D eigenvalue weighted by molar-refractivity contribution is 5.85. The summed E-state index contributed by atoms with van der Waals surface area (Å²) in [5.41, 5.74) is 7.40. The number of methoxy groups -OCH3 is 1. The van der Waals surface area contributed by atoms with Gasteiger partial charge in [-0.15, -0.1) is 0 Å². The normalized spacial score (nSPS) is 14.6. The molecule has 1 heterocycles. The summed E-state index contributed by atoms with van der Waals surface area (Å²) < 4.78 is 5.50. The van der Waals surface area contributed by atoms with Gasteiger partial charge in [0.05, 0.1) is 12.1 Å². The van der Waals surface area contributed by atoms with Crippen LogP contribution < -0.4 is 5.73 Å². The molecule has 2 N–H and O–H groups in total. The van der Waals surface area contributed by atoms with Gasteiger partial charge in [-0.1, -0.05) is 37.6 Å². The van der Waals surface area contributed by atoms with Crippen LogP contribution in [0.2, 0.25) is 0 Å². The van der Waals surface area contributed by atoms with Crippen molar-refractivity contribution in [3.8, 4) is 0 Å². The number of hydrogen-bond donors (Lipinski definition) is 1. The van der Waals surface area contributed by atoms with Gasteiger partial charge in [-0.2, -0.15) is 0 Å². The highest BCUT2D eigenvalue weighted by Crippen LogP contribution is 2.26. The van der Waals surface area contributed by atoms with Crippen LogP contribution in [0.4, 0.5) is 0 Å². The maximum atomic E-state index is 6.34. The first-order chi connectivity index (χ1) is 8.77. The summed E-state index contributed by atoms with van der Waals surface area (Å²) in [5, 5.41) is 2.29. The van der Waals surface area contributed by atoms with Crippen molar-refractivity contribution in [3.63, 3.8) is 0 Å². The first-order valence-electron chi connectivity index (χ1n) is 6.39. The zero-order valence-electron chi connectivity index (χ0n) is 11.0. The van der Waals surface area contributed by atoms with Gasteiger partial charge in [0.15, 0.2) is 0 Å². The van der Waals surface area contributed by atoms with Crippen LogP contribution in [-0.2, 0) is 4.74 Å². The van der Waals surface area contributed by atoms with Gasteiger partial charge in [0.25, 0.3) is 0 Å². The number of ether oxygens (including phenoxy) is 1. The maximum Gasteiger partial charge on any atom is 0.0764 e. The van der Waals surface area contributed by atoms with E-state index in [9.17, 15) is 0 Å². The molecule has 0 aliphatic rings. The Morgan fingerprint density at radius 3 is 2.78 bits per heavy atom. The molecular weight excluding hydrogens is 224 g/mol. The molecule has 96 valence electrons. The van der Waals surface area contributed by atoms with Gasteiger partial charge in [-0.05, 0) is 17.4 Å². The zero-order valence-corrected chi connectivity index (χ0v) is 11.0. The second kappa shape index (κ2) is 5.94. The fourth-order valence-electron chi connectivity index (χ4n) is 2.33. The monoisotopic (exact) mass is 244 g/mol. The van der Waals surface area contributed by atoms with E-state index in [0.29, 0.717) is 0 Å². The van der Waals surface area contributed by atoms with E-state index in [0.717, 1.165) is 29.2 Å². The predicted octanol–water partition coefficient (Wildman–Crippen LogP) is 3.05. The number of fused-ring (bicyclic) bond motifs is 1. The van der Waals surface area contributed by atoms with E-state index in [2.05, 4.69) is 24.0 Å². The summed E-state index contributed by atoms with van der Waals surface area (Å²) in [6.45, 7) is 2.14. The molecule has 0 spiro atoms. The van der Waals surface area contributed by atoms with Gasteiger partial charge in [0.2, 0.25) is 0 Å². The third-order valence-electron chi connectivity index (χ3n) is 3.33. The largest absolute Gasteiger partial charge is 0.379 e. The van der Waals surface area contributed by atoms with Crippen LogP contribution in [0, 0.1) is 0 Å². The fourth-order valence-corrected chi connectivity index (χ4v) is 2.33. The standard InChI is InChI=1S/C15H20N2O/c1-3-6-14(18-2)15(16)13-10-17-9-11-7-4-5-8-12(11)13/h4-5,7-10,14-15H,3,6,16H2,1-2H3. The van der Waals surface area contributed by atoms with Crippen molar-refractivity contribution in [1.82, 2.24) is 4.98 Å². The number of rotatable bonds is 5. The van der Waals surface area contributed by atoms with E-state index < -0.39 is 0 Å². The molecule has 18 heavy (non-hydrogen) atoms. The molecule has 0 bridgehead atoms. The maximum absolute atomic E-state index is 6.34. The Bertz CT molecular complexity index is 507. The van der Waals surface area contributed by atoms with Crippen molar-refractivity contribution >= 4 is 10.8 Å². The van der Waals surface area contributed by atoms with Crippen LogP contribution in [0.25, 0.3) is 10.8 Å². The summed E-state index contributed by atoms with van der Waals surface area (Å²) in [6.07, 6.45) is 5.79. The Kier molecular flexibility index (Phi) is 4.28. The predicted molar refractivity (Wildman–Crippen MR) is 74.4 cm³/mol. The van der Waals surface area contributed by atoms with Crippen molar-refractivity contribution < 1.29 is 4.74 Å². The van der Waals surface area contributed by atoms with Crippen molar-refractivity contribution in [2.75, 3.05) is 7.11 Å². The van der Waals surface area contributed by atoms with Crippen LogP contribution >= 0.6 is 0 Å². The van der Waals surface area contributed by atoms with Crippen molar-refractivity contribution in [1.29, 1.82) is 0 Å². The molecule has 3 heteroatoms. The van der Waals surface area contributed by atoms with Crippen LogP contribution in [-0.4, -0.2) is 18.2 Å². The molecule has 0 fully saturated rings. The molecule has 0 saturated heterocycles. The van der Waals surface area contributed by atoms with E-state index in [1.807, 2.05) is 24.5 Å². The van der Waals surface area contributed by atoms with Gasteiger partial charge in [0, 0.05) is 24.9 Å².